The molecule has 1 aromatic heterocycles. The summed E-state index contributed by atoms with van der Waals surface area (Å²) in [6.07, 6.45) is 7.58. The molecule has 0 N–H and O–H groups in total. The number of nitrogens with zero attached hydrogens (tertiary/aromatic N) is 2. The molecule has 0 spiro atoms. The van der Waals surface area contributed by atoms with Gasteiger partial charge in [0.15, 0.2) is 0 Å². The van der Waals surface area contributed by atoms with Crippen molar-refractivity contribution in [2.75, 3.05) is 0 Å². The lowest BCUT2D eigenvalue weighted by Gasteiger charge is -2.21. The number of hydrogen-bond donors (Lipinski definition) is 0. The summed E-state index contributed by atoms with van der Waals surface area (Å²) in [5.74, 6) is 0.860. The summed E-state index contributed by atoms with van der Waals surface area (Å²) in [5, 5.41) is 2.43. The average Bonchev–Trinajstić information content (AvgIpc) is 2.36. The van der Waals surface area contributed by atoms with Gasteiger partial charge in [-0.05, 0) is 19.8 Å². The highest BCUT2D eigenvalue weighted by Crippen LogP contribution is 2.35. The first kappa shape index (κ1) is 13.2. The number of thioether (sulfide) groups is 1. The lowest BCUT2D eigenvalue weighted by atomic mass is 10.0. The van der Waals surface area contributed by atoms with Gasteiger partial charge in [0.1, 0.15) is 16.0 Å². The van der Waals surface area contributed by atoms with Crippen LogP contribution in [0.4, 0.5) is 0 Å². The molecule has 1 aliphatic rings. The fourth-order valence-electron chi connectivity index (χ4n) is 2.13. The van der Waals surface area contributed by atoms with Gasteiger partial charge in [-0.2, -0.15) is 0 Å². The Morgan fingerprint density at radius 3 is 2.59 bits per heavy atom. The van der Waals surface area contributed by atoms with Crippen molar-refractivity contribution in [2.45, 2.75) is 62.6 Å². The van der Waals surface area contributed by atoms with Crippen LogP contribution in [0.15, 0.2) is 5.03 Å². The van der Waals surface area contributed by atoms with Gasteiger partial charge in [0.2, 0.25) is 0 Å². The maximum atomic E-state index is 6.15. The van der Waals surface area contributed by atoms with Crippen molar-refractivity contribution < 1.29 is 0 Å². The number of aryl methyl sites for hydroxylation is 1. The molecule has 0 saturated heterocycles. The van der Waals surface area contributed by atoms with Gasteiger partial charge in [0.25, 0.3) is 0 Å². The van der Waals surface area contributed by atoms with Crippen LogP contribution < -0.4 is 0 Å². The van der Waals surface area contributed by atoms with Gasteiger partial charge in [-0.1, -0.05) is 37.8 Å². The third-order valence-electron chi connectivity index (χ3n) is 3.23. The topological polar surface area (TPSA) is 25.8 Å². The van der Waals surface area contributed by atoms with Crippen molar-refractivity contribution in [2.24, 2.45) is 0 Å². The van der Waals surface area contributed by atoms with Crippen molar-refractivity contribution in [3.05, 3.63) is 16.5 Å². The SMILES string of the molecule is CCc1nc(Cl)c(C)c(SC2CCCCC2)n1. The Kier molecular flexibility index (Phi) is 4.69. The van der Waals surface area contributed by atoms with Crippen LogP contribution in [0.25, 0.3) is 0 Å². The Morgan fingerprint density at radius 2 is 1.94 bits per heavy atom. The Hall–Kier alpha value is -0.280. The molecule has 0 atom stereocenters. The van der Waals surface area contributed by atoms with E-state index in [2.05, 4.69) is 16.9 Å². The van der Waals surface area contributed by atoms with E-state index in [1.165, 1.54) is 32.1 Å². The van der Waals surface area contributed by atoms with Crippen LogP contribution in [0.5, 0.6) is 0 Å². The molecule has 0 unspecified atom stereocenters. The van der Waals surface area contributed by atoms with Crippen LogP contribution in [0.2, 0.25) is 5.15 Å². The van der Waals surface area contributed by atoms with Gasteiger partial charge in [-0.15, -0.1) is 11.8 Å². The normalized spacial score (nSPS) is 17.4. The molecule has 1 saturated carbocycles. The minimum atomic E-state index is 0.621. The lowest BCUT2D eigenvalue weighted by molar-refractivity contribution is 0.515. The molecule has 1 aromatic rings. The maximum absolute atomic E-state index is 6.15. The van der Waals surface area contributed by atoms with Crippen LogP contribution in [0, 0.1) is 6.92 Å². The van der Waals surface area contributed by atoms with E-state index in [-0.39, 0.29) is 0 Å². The highest BCUT2D eigenvalue weighted by Gasteiger charge is 2.18. The van der Waals surface area contributed by atoms with E-state index in [1.807, 2.05) is 18.7 Å². The van der Waals surface area contributed by atoms with E-state index in [0.717, 1.165) is 28.1 Å². The van der Waals surface area contributed by atoms with Crippen molar-refractivity contribution in [1.82, 2.24) is 9.97 Å². The molecule has 0 radical (unpaired) electrons. The van der Waals surface area contributed by atoms with Crippen LogP contribution in [-0.2, 0) is 6.42 Å². The molecule has 0 aromatic carbocycles. The monoisotopic (exact) mass is 270 g/mol. The summed E-state index contributed by atoms with van der Waals surface area (Å²) in [6, 6.07) is 0. The average molecular weight is 271 g/mol. The number of aromatic nitrogens is 2. The summed E-state index contributed by atoms with van der Waals surface area (Å²) in [5.41, 5.74) is 1.04. The molecule has 17 heavy (non-hydrogen) atoms. The van der Waals surface area contributed by atoms with E-state index in [0.29, 0.717) is 5.15 Å². The molecular weight excluding hydrogens is 252 g/mol. The third-order valence-corrected chi connectivity index (χ3v) is 5.03. The van der Waals surface area contributed by atoms with E-state index < -0.39 is 0 Å². The van der Waals surface area contributed by atoms with Gasteiger partial charge in [0, 0.05) is 17.2 Å². The maximum Gasteiger partial charge on any atom is 0.136 e. The Labute approximate surface area is 113 Å². The number of rotatable bonds is 3. The second-order valence-corrected chi connectivity index (χ2v) is 6.24. The molecule has 94 valence electrons. The van der Waals surface area contributed by atoms with Gasteiger partial charge in [0.05, 0.1) is 0 Å². The lowest BCUT2D eigenvalue weighted by Crippen LogP contribution is -2.09. The predicted octanol–water partition coefficient (Wildman–Crippen LogP) is 4.43. The molecule has 0 bridgehead atoms. The Bertz CT molecular complexity index is 389. The van der Waals surface area contributed by atoms with Crippen molar-refractivity contribution in [1.29, 1.82) is 0 Å². The summed E-state index contributed by atoms with van der Waals surface area (Å²) in [4.78, 5) is 8.90. The quantitative estimate of drug-likeness (QED) is 0.760. The first-order chi connectivity index (χ1) is 8.20. The largest absolute Gasteiger partial charge is 0.226 e. The summed E-state index contributed by atoms with van der Waals surface area (Å²) in [7, 11) is 0. The molecule has 1 fully saturated rings. The molecule has 1 heterocycles. The molecule has 1 aliphatic carbocycles. The first-order valence-corrected chi connectivity index (χ1v) is 7.66. The second-order valence-electron chi connectivity index (χ2n) is 4.59. The first-order valence-electron chi connectivity index (χ1n) is 6.40. The van der Waals surface area contributed by atoms with Gasteiger partial charge >= 0.3 is 0 Å². The van der Waals surface area contributed by atoms with Crippen LogP contribution in [-0.4, -0.2) is 15.2 Å². The minimum absolute atomic E-state index is 0.621. The van der Waals surface area contributed by atoms with Crippen molar-refractivity contribution in [3.63, 3.8) is 0 Å². The standard InChI is InChI=1S/C13H19ClN2S/c1-3-11-15-12(14)9(2)13(16-11)17-10-7-5-4-6-8-10/h10H,3-8H2,1-2H3. The van der Waals surface area contributed by atoms with E-state index in [9.17, 15) is 0 Å². The zero-order valence-electron chi connectivity index (χ0n) is 10.5. The predicted molar refractivity (Wildman–Crippen MR) is 73.9 cm³/mol. The molecule has 0 aliphatic heterocycles. The van der Waals surface area contributed by atoms with Gasteiger partial charge in [-0.25, -0.2) is 9.97 Å². The Morgan fingerprint density at radius 1 is 1.24 bits per heavy atom. The van der Waals surface area contributed by atoms with Crippen LogP contribution in [0.3, 0.4) is 0 Å². The highest BCUT2D eigenvalue weighted by atomic mass is 35.5. The van der Waals surface area contributed by atoms with Crippen molar-refractivity contribution in [3.8, 4) is 0 Å². The minimum Gasteiger partial charge on any atom is -0.226 e. The summed E-state index contributed by atoms with van der Waals surface area (Å²) >= 11 is 8.05. The van der Waals surface area contributed by atoms with Gasteiger partial charge < -0.3 is 0 Å². The molecule has 0 amide bonds. The van der Waals surface area contributed by atoms with Crippen LogP contribution in [0.1, 0.15) is 50.4 Å². The number of hydrogen-bond acceptors (Lipinski definition) is 3. The molecule has 2 nitrogen and oxygen atoms in total. The zero-order valence-corrected chi connectivity index (χ0v) is 12.1. The highest BCUT2D eigenvalue weighted by molar-refractivity contribution is 7.99. The second kappa shape index (κ2) is 6.05. The Balaban J connectivity index is 2.15. The molecule has 2 rings (SSSR count). The van der Waals surface area contributed by atoms with Gasteiger partial charge in [-0.3, -0.25) is 0 Å². The molecular formula is C13H19ClN2S. The third kappa shape index (κ3) is 3.35. The fraction of sp³-hybridized carbons (Fsp3) is 0.692. The molecule has 4 heteroatoms. The summed E-state index contributed by atoms with van der Waals surface area (Å²) in [6.45, 7) is 4.09. The zero-order chi connectivity index (χ0) is 12.3. The van der Waals surface area contributed by atoms with E-state index in [1.54, 1.807) is 0 Å². The number of halogens is 1. The van der Waals surface area contributed by atoms with E-state index in [4.69, 9.17) is 11.6 Å². The fourth-order valence-corrected chi connectivity index (χ4v) is 3.68. The van der Waals surface area contributed by atoms with Crippen LogP contribution >= 0.6 is 23.4 Å². The smallest absolute Gasteiger partial charge is 0.136 e. The van der Waals surface area contributed by atoms with E-state index >= 15 is 0 Å². The van der Waals surface area contributed by atoms with Crippen molar-refractivity contribution >= 4 is 23.4 Å². The summed E-state index contributed by atoms with van der Waals surface area (Å²) < 4.78 is 0.